The van der Waals surface area contributed by atoms with Crippen LogP contribution in [-0.2, 0) is 11.3 Å². The summed E-state index contributed by atoms with van der Waals surface area (Å²) in [6, 6.07) is 7.71. The topological polar surface area (TPSA) is 74.9 Å². The Bertz CT molecular complexity index is 824. The minimum atomic E-state index is -0.241. The molecule has 0 bridgehead atoms. The van der Waals surface area contributed by atoms with Crippen molar-refractivity contribution in [1.82, 2.24) is 19.9 Å². The number of hydrogen-bond acceptors (Lipinski definition) is 7. The first-order valence-corrected chi connectivity index (χ1v) is 10.8. The average Bonchev–Trinajstić information content (AvgIpc) is 3.35. The van der Waals surface area contributed by atoms with Crippen molar-refractivity contribution < 1.29 is 14.4 Å². The molecule has 8 heteroatoms. The SMILES string of the molecule is O[C@@H]1C[C@H]2CN(Cc3nc(-c4ccc(Cl)cc4)no3)C[C@H]2C[C@H]1N1CCOCC1. The zero-order valence-corrected chi connectivity index (χ0v) is 17.2. The van der Waals surface area contributed by atoms with E-state index in [0.29, 0.717) is 35.1 Å². The number of likely N-dealkylation sites (tertiary alicyclic amines) is 1. The maximum absolute atomic E-state index is 10.7. The van der Waals surface area contributed by atoms with Gasteiger partial charge in [0.15, 0.2) is 0 Å². The van der Waals surface area contributed by atoms with Crippen LogP contribution in [0.1, 0.15) is 18.7 Å². The molecule has 1 aromatic heterocycles. The number of benzene rings is 1. The number of aromatic nitrogens is 2. The molecule has 2 aromatic rings. The number of hydrogen-bond donors (Lipinski definition) is 1. The van der Waals surface area contributed by atoms with Crippen molar-refractivity contribution in [1.29, 1.82) is 0 Å². The Hall–Kier alpha value is -1.51. The first kappa shape index (κ1) is 19.5. The van der Waals surface area contributed by atoms with E-state index in [1.165, 1.54) is 0 Å². The lowest BCUT2D eigenvalue weighted by molar-refractivity contribution is -0.0520. The molecule has 29 heavy (non-hydrogen) atoms. The number of ether oxygens (including phenoxy) is 1. The van der Waals surface area contributed by atoms with Crippen molar-refractivity contribution in [3.8, 4) is 11.4 Å². The molecular formula is C21H27ClN4O3. The molecule has 3 fully saturated rings. The molecular weight excluding hydrogens is 392 g/mol. The van der Waals surface area contributed by atoms with Crippen molar-refractivity contribution in [2.45, 2.75) is 31.5 Å². The van der Waals surface area contributed by atoms with Gasteiger partial charge in [-0.05, 0) is 48.9 Å². The van der Waals surface area contributed by atoms with Crippen LogP contribution in [0.5, 0.6) is 0 Å². The number of nitrogens with zero attached hydrogens (tertiary/aromatic N) is 4. The predicted octanol–water partition coefficient (Wildman–Crippen LogP) is 2.29. The average molecular weight is 419 g/mol. The maximum atomic E-state index is 10.7. The van der Waals surface area contributed by atoms with Gasteiger partial charge in [-0.15, -0.1) is 0 Å². The molecule has 2 aliphatic heterocycles. The highest BCUT2D eigenvalue weighted by molar-refractivity contribution is 6.30. The monoisotopic (exact) mass is 418 g/mol. The van der Waals surface area contributed by atoms with E-state index in [-0.39, 0.29) is 12.1 Å². The molecule has 1 N–H and O–H groups in total. The Morgan fingerprint density at radius 1 is 1.07 bits per heavy atom. The van der Waals surface area contributed by atoms with Gasteiger partial charge in [0.1, 0.15) is 0 Å². The standard InChI is InChI=1S/C21H27ClN4O3/c22-17-3-1-14(2-4-17)21-23-20(29-24-21)13-25-11-15-9-18(19(27)10-16(15)12-25)26-5-7-28-8-6-26/h1-4,15-16,18-19,27H,5-13H2/t15-,16+,18-,19-/m1/s1. The third-order valence-electron chi connectivity index (χ3n) is 6.63. The van der Waals surface area contributed by atoms with Crippen LogP contribution in [0, 0.1) is 11.8 Å². The van der Waals surface area contributed by atoms with Gasteiger partial charge in [-0.25, -0.2) is 0 Å². The summed E-state index contributed by atoms with van der Waals surface area (Å²) in [6.07, 6.45) is 1.69. The van der Waals surface area contributed by atoms with Crippen LogP contribution in [-0.4, -0.2) is 76.6 Å². The summed E-state index contributed by atoms with van der Waals surface area (Å²) in [5.41, 5.74) is 0.899. The van der Waals surface area contributed by atoms with Crippen molar-refractivity contribution >= 4 is 11.6 Å². The van der Waals surface area contributed by atoms with Crippen LogP contribution in [0.25, 0.3) is 11.4 Å². The highest BCUT2D eigenvalue weighted by Gasteiger charge is 2.43. The Labute approximate surface area is 175 Å². The van der Waals surface area contributed by atoms with Crippen LogP contribution < -0.4 is 0 Å². The number of aliphatic hydroxyl groups is 1. The summed E-state index contributed by atoms with van der Waals surface area (Å²) < 4.78 is 11.0. The molecule has 1 aliphatic carbocycles. The van der Waals surface area contributed by atoms with Crippen LogP contribution in [0.3, 0.4) is 0 Å². The van der Waals surface area contributed by atoms with Crippen LogP contribution in [0.2, 0.25) is 5.02 Å². The second-order valence-electron chi connectivity index (χ2n) is 8.49. The molecule has 0 radical (unpaired) electrons. The van der Waals surface area contributed by atoms with E-state index in [2.05, 4.69) is 19.9 Å². The fourth-order valence-corrected chi connectivity index (χ4v) is 5.29. The van der Waals surface area contributed by atoms with Crippen molar-refractivity contribution in [3.05, 3.63) is 35.2 Å². The summed E-state index contributed by atoms with van der Waals surface area (Å²) >= 11 is 5.95. The van der Waals surface area contributed by atoms with Gasteiger partial charge in [-0.2, -0.15) is 4.98 Å². The number of halogens is 1. The second kappa shape index (κ2) is 8.32. The summed E-state index contributed by atoms with van der Waals surface area (Å²) in [5.74, 6) is 2.39. The Balaban J connectivity index is 1.21. The van der Waals surface area contributed by atoms with Crippen molar-refractivity contribution in [2.24, 2.45) is 11.8 Å². The number of morpholine rings is 1. The normalized spacial score (nSPS) is 31.1. The van der Waals surface area contributed by atoms with Gasteiger partial charge in [-0.3, -0.25) is 9.80 Å². The molecule has 4 atom stereocenters. The molecule has 3 heterocycles. The molecule has 5 rings (SSSR count). The predicted molar refractivity (Wildman–Crippen MR) is 108 cm³/mol. The number of aliphatic hydroxyl groups excluding tert-OH is 1. The largest absolute Gasteiger partial charge is 0.391 e. The first-order valence-electron chi connectivity index (χ1n) is 10.5. The summed E-state index contributed by atoms with van der Waals surface area (Å²) in [7, 11) is 0. The maximum Gasteiger partial charge on any atom is 0.241 e. The van der Waals surface area contributed by atoms with E-state index >= 15 is 0 Å². The third kappa shape index (κ3) is 4.20. The van der Waals surface area contributed by atoms with E-state index < -0.39 is 0 Å². The summed E-state index contributed by atoms with van der Waals surface area (Å²) in [5, 5.41) is 15.6. The third-order valence-corrected chi connectivity index (χ3v) is 6.88. The van der Waals surface area contributed by atoms with E-state index in [4.69, 9.17) is 20.9 Å². The molecule has 3 aliphatic rings. The van der Waals surface area contributed by atoms with Crippen molar-refractivity contribution in [2.75, 3.05) is 39.4 Å². The first-order chi connectivity index (χ1) is 14.2. The molecule has 2 saturated heterocycles. The summed E-state index contributed by atoms with van der Waals surface area (Å²) in [6.45, 7) is 6.07. The molecule has 156 valence electrons. The molecule has 0 spiro atoms. The van der Waals surface area contributed by atoms with Gasteiger partial charge in [0.05, 0.1) is 25.9 Å². The fraction of sp³-hybridized carbons (Fsp3) is 0.619. The van der Waals surface area contributed by atoms with Gasteiger partial charge in [0, 0.05) is 42.8 Å². The second-order valence-corrected chi connectivity index (χ2v) is 8.92. The molecule has 1 saturated carbocycles. The van der Waals surface area contributed by atoms with Gasteiger partial charge < -0.3 is 14.4 Å². The van der Waals surface area contributed by atoms with Crippen LogP contribution in [0.15, 0.2) is 28.8 Å². The van der Waals surface area contributed by atoms with E-state index in [9.17, 15) is 5.11 Å². The minimum absolute atomic E-state index is 0.241. The summed E-state index contributed by atoms with van der Waals surface area (Å²) in [4.78, 5) is 9.37. The fourth-order valence-electron chi connectivity index (χ4n) is 5.16. The van der Waals surface area contributed by atoms with Crippen LogP contribution in [0.4, 0.5) is 0 Å². The van der Waals surface area contributed by atoms with Crippen LogP contribution >= 0.6 is 11.6 Å². The molecule has 0 amide bonds. The Morgan fingerprint density at radius 3 is 2.55 bits per heavy atom. The zero-order chi connectivity index (χ0) is 19.8. The smallest absolute Gasteiger partial charge is 0.241 e. The lowest BCUT2D eigenvalue weighted by Crippen LogP contribution is -2.53. The Morgan fingerprint density at radius 2 is 1.79 bits per heavy atom. The van der Waals surface area contributed by atoms with Gasteiger partial charge >= 0.3 is 0 Å². The van der Waals surface area contributed by atoms with E-state index in [1.807, 2.05) is 24.3 Å². The van der Waals surface area contributed by atoms with E-state index in [0.717, 1.165) is 57.8 Å². The van der Waals surface area contributed by atoms with Gasteiger partial charge in [-0.1, -0.05) is 16.8 Å². The zero-order valence-electron chi connectivity index (χ0n) is 16.4. The van der Waals surface area contributed by atoms with Gasteiger partial charge in [0.25, 0.3) is 0 Å². The number of rotatable bonds is 4. The minimum Gasteiger partial charge on any atom is -0.391 e. The number of fused-ring (bicyclic) bond motifs is 1. The highest BCUT2D eigenvalue weighted by Crippen LogP contribution is 2.39. The lowest BCUT2D eigenvalue weighted by Gasteiger charge is -2.43. The van der Waals surface area contributed by atoms with Gasteiger partial charge in [0.2, 0.25) is 11.7 Å². The van der Waals surface area contributed by atoms with Crippen molar-refractivity contribution in [3.63, 3.8) is 0 Å². The Kier molecular flexibility index (Phi) is 5.58. The van der Waals surface area contributed by atoms with E-state index in [1.54, 1.807) is 0 Å². The molecule has 0 unspecified atom stereocenters. The highest BCUT2D eigenvalue weighted by atomic mass is 35.5. The quantitative estimate of drug-likeness (QED) is 0.816. The molecule has 1 aromatic carbocycles. The lowest BCUT2D eigenvalue weighted by atomic mass is 9.77. The molecule has 7 nitrogen and oxygen atoms in total.